The van der Waals surface area contributed by atoms with E-state index in [1.807, 2.05) is 0 Å². The third-order valence-corrected chi connectivity index (χ3v) is 3.47. The summed E-state index contributed by atoms with van der Waals surface area (Å²) in [5.74, 6) is 0.395. The molecule has 19 heavy (non-hydrogen) atoms. The molecule has 4 nitrogen and oxygen atoms in total. The van der Waals surface area contributed by atoms with E-state index < -0.39 is 0 Å². The predicted octanol–water partition coefficient (Wildman–Crippen LogP) is 2.44. The predicted molar refractivity (Wildman–Crippen MR) is 79.9 cm³/mol. The van der Waals surface area contributed by atoms with Crippen LogP contribution < -0.4 is 5.32 Å². The highest BCUT2D eigenvalue weighted by molar-refractivity contribution is 9.11. The van der Waals surface area contributed by atoms with Crippen LogP contribution in [0.5, 0.6) is 0 Å². The van der Waals surface area contributed by atoms with Crippen molar-refractivity contribution in [1.82, 2.24) is 10.2 Å². The van der Waals surface area contributed by atoms with Crippen LogP contribution in [-0.2, 0) is 9.59 Å². The molecule has 0 aliphatic carbocycles. The highest BCUT2D eigenvalue weighted by atomic mass is 79.9. The number of hydrogen-bond acceptors (Lipinski definition) is 2. The third-order valence-electron chi connectivity index (χ3n) is 3.19. The summed E-state index contributed by atoms with van der Waals surface area (Å²) in [5, 5.41) is 2.83. The Bertz CT molecular complexity index is 355. The fourth-order valence-electron chi connectivity index (χ4n) is 2.28. The standard InChI is InChI=1S/C14H23BrN2O2/c1-10(2)8-12(14(19)16-9-11(3)15)17-7-5-4-6-13(17)18/h10,12H,3-9H2,1-2H3,(H,16,19)/t12-/m0/s1. The van der Waals surface area contributed by atoms with Crippen molar-refractivity contribution in [2.75, 3.05) is 13.1 Å². The van der Waals surface area contributed by atoms with Gasteiger partial charge in [-0.1, -0.05) is 36.4 Å². The Hall–Kier alpha value is -0.840. The number of carbonyl (C=O) groups excluding carboxylic acids is 2. The molecule has 108 valence electrons. The molecule has 2 amide bonds. The Balaban J connectivity index is 2.72. The molecule has 0 radical (unpaired) electrons. The number of piperidine rings is 1. The van der Waals surface area contributed by atoms with Crippen molar-refractivity contribution < 1.29 is 9.59 Å². The molecule has 5 heteroatoms. The Morgan fingerprint density at radius 1 is 1.47 bits per heavy atom. The van der Waals surface area contributed by atoms with Gasteiger partial charge >= 0.3 is 0 Å². The maximum absolute atomic E-state index is 12.3. The van der Waals surface area contributed by atoms with Crippen LogP contribution in [0.2, 0.25) is 0 Å². The summed E-state index contributed by atoms with van der Waals surface area (Å²) >= 11 is 3.22. The average Bonchev–Trinajstić information content (AvgIpc) is 2.33. The van der Waals surface area contributed by atoms with Crippen LogP contribution in [0.3, 0.4) is 0 Å². The summed E-state index contributed by atoms with van der Waals surface area (Å²) in [4.78, 5) is 26.0. The first-order valence-corrected chi connectivity index (χ1v) is 7.61. The Kier molecular flexibility index (Phi) is 6.55. The number of rotatable bonds is 6. The molecule has 1 N–H and O–H groups in total. The Morgan fingerprint density at radius 3 is 2.68 bits per heavy atom. The van der Waals surface area contributed by atoms with E-state index in [1.54, 1.807) is 4.90 Å². The summed E-state index contributed by atoms with van der Waals surface area (Å²) in [6, 6.07) is -0.348. The van der Waals surface area contributed by atoms with Crippen molar-refractivity contribution in [2.45, 2.75) is 45.6 Å². The van der Waals surface area contributed by atoms with Crippen LogP contribution >= 0.6 is 15.9 Å². The van der Waals surface area contributed by atoms with E-state index in [0.717, 1.165) is 17.3 Å². The molecule has 1 aliphatic heterocycles. The van der Waals surface area contributed by atoms with Gasteiger partial charge in [0, 0.05) is 24.0 Å². The molecule has 0 aromatic rings. The first kappa shape index (κ1) is 16.2. The second-order valence-electron chi connectivity index (χ2n) is 5.42. The van der Waals surface area contributed by atoms with E-state index in [0.29, 0.717) is 31.8 Å². The van der Waals surface area contributed by atoms with E-state index in [1.165, 1.54) is 0 Å². The molecular weight excluding hydrogens is 308 g/mol. The normalized spacial score (nSPS) is 17.5. The summed E-state index contributed by atoms with van der Waals surface area (Å²) in [6.07, 6.45) is 3.18. The van der Waals surface area contributed by atoms with E-state index in [-0.39, 0.29) is 17.9 Å². The van der Waals surface area contributed by atoms with Crippen LogP contribution in [0, 0.1) is 5.92 Å². The maximum atomic E-state index is 12.3. The summed E-state index contributed by atoms with van der Waals surface area (Å²) in [7, 11) is 0. The Labute approximate surface area is 123 Å². The monoisotopic (exact) mass is 330 g/mol. The SMILES string of the molecule is C=C(Br)CNC(=O)[C@H](CC(C)C)N1CCCCC1=O. The first-order chi connectivity index (χ1) is 8.91. The van der Waals surface area contributed by atoms with Crippen molar-refractivity contribution in [3.05, 3.63) is 11.1 Å². The van der Waals surface area contributed by atoms with Gasteiger partial charge in [0.25, 0.3) is 0 Å². The average molecular weight is 331 g/mol. The van der Waals surface area contributed by atoms with Gasteiger partial charge in [-0.05, 0) is 25.2 Å². The van der Waals surface area contributed by atoms with Gasteiger partial charge in [0.2, 0.25) is 11.8 Å². The number of hydrogen-bond donors (Lipinski definition) is 1. The number of likely N-dealkylation sites (tertiary alicyclic amines) is 1. The second-order valence-corrected chi connectivity index (χ2v) is 6.55. The van der Waals surface area contributed by atoms with Gasteiger partial charge in [-0.25, -0.2) is 0 Å². The molecule has 1 aliphatic rings. The smallest absolute Gasteiger partial charge is 0.243 e. The first-order valence-electron chi connectivity index (χ1n) is 6.82. The molecule has 0 aromatic carbocycles. The fourth-order valence-corrected chi connectivity index (χ4v) is 2.42. The van der Waals surface area contributed by atoms with Gasteiger partial charge in [-0.15, -0.1) is 0 Å². The van der Waals surface area contributed by atoms with Crippen molar-refractivity contribution in [3.8, 4) is 0 Å². The summed E-state index contributed by atoms with van der Waals surface area (Å²) in [6.45, 7) is 8.92. The number of halogens is 1. The molecule has 1 heterocycles. The lowest BCUT2D eigenvalue weighted by atomic mass is 9.98. The number of nitrogens with zero attached hydrogens (tertiary/aromatic N) is 1. The highest BCUT2D eigenvalue weighted by Crippen LogP contribution is 2.19. The minimum Gasteiger partial charge on any atom is -0.350 e. The van der Waals surface area contributed by atoms with Gasteiger partial charge < -0.3 is 10.2 Å². The van der Waals surface area contributed by atoms with Gasteiger partial charge in [0.1, 0.15) is 6.04 Å². The highest BCUT2D eigenvalue weighted by Gasteiger charge is 2.31. The van der Waals surface area contributed by atoms with Crippen LogP contribution in [0.4, 0.5) is 0 Å². The summed E-state index contributed by atoms with van der Waals surface area (Å²) in [5.41, 5.74) is 0. The lowest BCUT2D eigenvalue weighted by Crippen LogP contribution is -2.52. The van der Waals surface area contributed by atoms with Crippen LogP contribution in [-0.4, -0.2) is 35.8 Å². The van der Waals surface area contributed by atoms with E-state index >= 15 is 0 Å². The summed E-state index contributed by atoms with van der Waals surface area (Å²) < 4.78 is 0.731. The lowest BCUT2D eigenvalue weighted by Gasteiger charge is -2.34. The maximum Gasteiger partial charge on any atom is 0.243 e. The van der Waals surface area contributed by atoms with Crippen LogP contribution in [0.15, 0.2) is 11.1 Å². The van der Waals surface area contributed by atoms with Gasteiger partial charge in [-0.2, -0.15) is 0 Å². The van der Waals surface area contributed by atoms with Crippen LogP contribution in [0.1, 0.15) is 39.5 Å². The molecular formula is C14H23BrN2O2. The zero-order valence-corrected chi connectivity index (χ0v) is 13.3. The second kappa shape index (κ2) is 7.68. The van der Waals surface area contributed by atoms with Crippen molar-refractivity contribution in [2.24, 2.45) is 5.92 Å². The van der Waals surface area contributed by atoms with Gasteiger partial charge in [0.15, 0.2) is 0 Å². The zero-order valence-electron chi connectivity index (χ0n) is 11.7. The van der Waals surface area contributed by atoms with E-state index in [2.05, 4.69) is 41.7 Å². The van der Waals surface area contributed by atoms with Crippen molar-refractivity contribution in [3.63, 3.8) is 0 Å². The zero-order chi connectivity index (χ0) is 14.4. The van der Waals surface area contributed by atoms with Crippen molar-refractivity contribution in [1.29, 1.82) is 0 Å². The molecule has 1 atom stereocenters. The van der Waals surface area contributed by atoms with Gasteiger partial charge in [-0.3, -0.25) is 9.59 Å². The molecule has 0 saturated carbocycles. The largest absolute Gasteiger partial charge is 0.350 e. The number of amides is 2. The molecule has 1 fully saturated rings. The Morgan fingerprint density at radius 2 is 2.16 bits per heavy atom. The number of carbonyl (C=O) groups is 2. The van der Waals surface area contributed by atoms with E-state index in [4.69, 9.17) is 0 Å². The quantitative estimate of drug-likeness (QED) is 0.813. The fraction of sp³-hybridized carbons (Fsp3) is 0.714. The molecule has 0 aromatic heterocycles. The molecule has 0 spiro atoms. The molecule has 0 unspecified atom stereocenters. The topological polar surface area (TPSA) is 49.4 Å². The van der Waals surface area contributed by atoms with Crippen LogP contribution in [0.25, 0.3) is 0 Å². The minimum atomic E-state index is -0.348. The van der Waals surface area contributed by atoms with E-state index in [9.17, 15) is 9.59 Å². The molecule has 1 rings (SSSR count). The lowest BCUT2D eigenvalue weighted by molar-refractivity contribution is -0.142. The third kappa shape index (κ3) is 5.35. The molecule has 1 saturated heterocycles. The van der Waals surface area contributed by atoms with Crippen molar-refractivity contribution >= 4 is 27.7 Å². The van der Waals surface area contributed by atoms with Gasteiger partial charge in [0.05, 0.1) is 0 Å². The molecule has 0 bridgehead atoms. The number of nitrogens with one attached hydrogen (secondary N) is 1. The minimum absolute atomic E-state index is 0.0791.